The molecule has 23 heavy (non-hydrogen) atoms. The van der Waals surface area contributed by atoms with Crippen LogP contribution in [0.15, 0.2) is 33.2 Å². The van der Waals surface area contributed by atoms with E-state index in [9.17, 15) is 13.2 Å². The Morgan fingerprint density at radius 2 is 2.17 bits per heavy atom. The lowest BCUT2D eigenvalue weighted by Gasteiger charge is -2.30. The Labute approximate surface area is 144 Å². The van der Waals surface area contributed by atoms with Crippen molar-refractivity contribution >= 4 is 44.3 Å². The second-order valence-corrected chi connectivity index (χ2v) is 9.80. The topological polar surface area (TPSA) is 66.5 Å². The quantitative estimate of drug-likeness (QED) is 0.899. The maximum atomic E-state index is 12.7. The number of nitrogens with zero attached hydrogens (tertiary/aromatic N) is 1. The highest BCUT2D eigenvalue weighted by Crippen LogP contribution is 2.28. The first-order valence-corrected chi connectivity index (χ1v) is 10.6. The predicted octanol–water partition coefficient (Wildman–Crippen LogP) is 3.16. The van der Waals surface area contributed by atoms with Gasteiger partial charge in [0.2, 0.25) is 5.91 Å². The van der Waals surface area contributed by atoms with E-state index < -0.39 is 10.0 Å². The summed E-state index contributed by atoms with van der Waals surface area (Å²) in [4.78, 5) is 13.3. The van der Waals surface area contributed by atoms with Crippen LogP contribution in [-0.4, -0.2) is 31.7 Å². The summed E-state index contributed by atoms with van der Waals surface area (Å²) >= 11 is 2.79. The molecule has 0 saturated carbocycles. The number of carbonyl (C=O) groups excluding carboxylic acids is 1. The van der Waals surface area contributed by atoms with Crippen LogP contribution >= 0.6 is 22.7 Å². The third kappa shape index (κ3) is 3.65. The molecule has 0 radical (unpaired) electrons. The third-order valence-electron chi connectivity index (χ3n) is 3.85. The lowest BCUT2D eigenvalue weighted by Crippen LogP contribution is -2.43. The molecule has 0 spiro atoms. The first kappa shape index (κ1) is 16.6. The van der Waals surface area contributed by atoms with Gasteiger partial charge >= 0.3 is 0 Å². The minimum atomic E-state index is -3.50. The molecule has 1 unspecified atom stereocenters. The summed E-state index contributed by atoms with van der Waals surface area (Å²) in [7, 11) is -3.50. The summed E-state index contributed by atoms with van der Waals surface area (Å²) in [5, 5.41) is 6.62. The molecule has 0 aliphatic carbocycles. The maximum absolute atomic E-state index is 12.7. The zero-order valence-corrected chi connectivity index (χ0v) is 15.1. The van der Waals surface area contributed by atoms with Crippen molar-refractivity contribution in [1.29, 1.82) is 0 Å². The second kappa shape index (κ2) is 6.72. The molecule has 3 heterocycles. The van der Waals surface area contributed by atoms with Gasteiger partial charge < -0.3 is 5.32 Å². The molecule has 2 aromatic heterocycles. The SMILES string of the molecule is Cc1ccc(S(=O)(=O)N2CCCC(C(=O)Nc3ccsc3)C2)s1. The summed E-state index contributed by atoms with van der Waals surface area (Å²) < 4.78 is 27.2. The normalized spacial score (nSPS) is 19.6. The van der Waals surface area contributed by atoms with E-state index in [1.807, 2.05) is 29.8 Å². The Morgan fingerprint density at radius 3 is 2.83 bits per heavy atom. The second-order valence-electron chi connectivity index (χ2n) is 5.57. The monoisotopic (exact) mass is 370 g/mol. The largest absolute Gasteiger partial charge is 0.325 e. The highest BCUT2D eigenvalue weighted by Gasteiger charge is 2.34. The molecule has 1 amide bonds. The smallest absolute Gasteiger partial charge is 0.252 e. The fourth-order valence-corrected chi connectivity index (χ4v) is 6.18. The number of carbonyl (C=O) groups is 1. The number of thiophene rings is 2. The van der Waals surface area contributed by atoms with Crippen LogP contribution < -0.4 is 5.32 Å². The van der Waals surface area contributed by atoms with Crippen molar-refractivity contribution in [1.82, 2.24) is 4.31 Å². The first-order chi connectivity index (χ1) is 11.0. The van der Waals surface area contributed by atoms with Gasteiger partial charge in [-0.3, -0.25) is 4.79 Å². The number of sulfonamides is 1. The fourth-order valence-electron chi connectivity index (χ4n) is 2.63. The van der Waals surface area contributed by atoms with Crippen molar-refractivity contribution in [2.45, 2.75) is 24.0 Å². The van der Waals surface area contributed by atoms with E-state index in [4.69, 9.17) is 0 Å². The van der Waals surface area contributed by atoms with Gasteiger partial charge in [0, 0.05) is 23.3 Å². The lowest BCUT2D eigenvalue weighted by atomic mass is 9.99. The van der Waals surface area contributed by atoms with Crippen molar-refractivity contribution in [3.63, 3.8) is 0 Å². The molecule has 5 nitrogen and oxygen atoms in total. The highest BCUT2D eigenvalue weighted by atomic mass is 32.2. The molecule has 1 atom stereocenters. The first-order valence-electron chi connectivity index (χ1n) is 7.36. The van der Waals surface area contributed by atoms with Crippen molar-refractivity contribution in [2.24, 2.45) is 5.92 Å². The molecule has 1 fully saturated rings. The zero-order valence-electron chi connectivity index (χ0n) is 12.7. The summed E-state index contributed by atoms with van der Waals surface area (Å²) in [6.07, 6.45) is 1.41. The zero-order chi connectivity index (χ0) is 16.4. The van der Waals surface area contributed by atoms with Crippen LogP contribution in [0.5, 0.6) is 0 Å². The van der Waals surface area contributed by atoms with Crippen LogP contribution in [0.2, 0.25) is 0 Å². The van der Waals surface area contributed by atoms with Gasteiger partial charge in [-0.2, -0.15) is 15.6 Å². The molecule has 1 aliphatic rings. The number of piperidine rings is 1. The Hall–Kier alpha value is -1.22. The van der Waals surface area contributed by atoms with Crippen molar-refractivity contribution in [2.75, 3.05) is 18.4 Å². The van der Waals surface area contributed by atoms with Crippen molar-refractivity contribution in [3.05, 3.63) is 33.8 Å². The van der Waals surface area contributed by atoms with Gasteiger partial charge in [0.25, 0.3) is 10.0 Å². The minimum absolute atomic E-state index is 0.106. The minimum Gasteiger partial charge on any atom is -0.325 e. The Bertz CT molecular complexity index is 781. The van der Waals surface area contributed by atoms with Gasteiger partial charge in [0.05, 0.1) is 11.6 Å². The molecule has 3 rings (SSSR count). The van der Waals surface area contributed by atoms with Gasteiger partial charge in [-0.05, 0) is 43.3 Å². The van der Waals surface area contributed by atoms with Crippen LogP contribution in [0.4, 0.5) is 5.69 Å². The average molecular weight is 371 g/mol. The van der Waals surface area contributed by atoms with Gasteiger partial charge in [0.1, 0.15) is 4.21 Å². The lowest BCUT2D eigenvalue weighted by molar-refractivity contribution is -0.120. The summed E-state index contributed by atoms with van der Waals surface area (Å²) in [6, 6.07) is 5.29. The Morgan fingerprint density at radius 1 is 1.35 bits per heavy atom. The van der Waals surface area contributed by atoms with E-state index in [-0.39, 0.29) is 18.4 Å². The summed E-state index contributed by atoms with van der Waals surface area (Å²) in [5.74, 6) is -0.412. The van der Waals surface area contributed by atoms with E-state index in [1.54, 1.807) is 6.07 Å². The molecule has 8 heteroatoms. The van der Waals surface area contributed by atoms with Gasteiger partial charge in [-0.1, -0.05) is 0 Å². The van der Waals surface area contributed by atoms with Crippen LogP contribution in [0, 0.1) is 12.8 Å². The van der Waals surface area contributed by atoms with E-state index in [0.29, 0.717) is 23.6 Å². The number of nitrogens with one attached hydrogen (secondary N) is 1. The number of hydrogen-bond acceptors (Lipinski definition) is 5. The molecule has 0 aromatic carbocycles. The predicted molar refractivity (Wildman–Crippen MR) is 93.5 cm³/mol. The van der Waals surface area contributed by atoms with Crippen LogP contribution in [-0.2, 0) is 14.8 Å². The number of amides is 1. The van der Waals surface area contributed by atoms with Gasteiger partial charge in [-0.25, -0.2) is 8.42 Å². The Kier molecular flexibility index (Phi) is 4.86. The maximum Gasteiger partial charge on any atom is 0.252 e. The fraction of sp³-hybridized carbons (Fsp3) is 0.400. The number of anilines is 1. The molecule has 1 N–H and O–H groups in total. The van der Waals surface area contributed by atoms with Crippen LogP contribution in [0.25, 0.3) is 0 Å². The molecular weight excluding hydrogens is 352 g/mol. The number of hydrogen-bond donors (Lipinski definition) is 1. The van der Waals surface area contributed by atoms with E-state index in [0.717, 1.165) is 10.6 Å². The van der Waals surface area contributed by atoms with E-state index in [1.165, 1.54) is 27.0 Å². The Balaban J connectivity index is 1.71. The third-order valence-corrected chi connectivity index (χ3v) is 7.87. The van der Waals surface area contributed by atoms with Crippen molar-refractivity contribution < 1.29 is 13.2 Å². The highest BCUT2D eigenvalue weighted by molar-refractivity contribution is 7.91. The standard InChI is InChI=1S/C15H18N2O3S3/c1-11-4-5-14(22-11)23(19,20)17-7-2-3-12(9-17)15(18)16-13-6-8-21-10-13/h4-6,8,10,12H,2-3,7,9H2,1H3,(H,16,18). The van der Waals surface area contributed by atoms with Crippen LogP contribution in [0.3, 0.4) is 0 Å². The summed E-state index contributed by atoms with van der Waals surface area (Å²) in [6.45, 7) is 2.60. The number of aryl methyl sites for hydroxylation is 1. The van der Waals surface area contributed by atoms with Gasteiger partial charge in [0.15, 0.2) is 0 Å². The molecule has 2 aromatic rings. The van der Waals surface area contributed by atoms with Crippen LogP contribution in [0.1, 0.15) is 17.7 Å². The average Bonchev–Trinajstić information content (AvgIpc) is 3.19. The molecule has 1 aliphatic heterocycles. The molecule has 1 saturated heterocycles. The molecule has 0 bridgehead atoms. The molecule has 124 valence electrons. The van der Waals surface area contributed by atoms with Gasteiger partial charge in [-0.15, -0.1) is 11.3 Å². The van der Waals surface area contributed by atoms with Crippen molar-refractivity contribution in [3.8, 4) is 0 Å². The van der Waals surface area contributed by atoms with E-state index >= 15 is 0 Å². The summed E-state index contributed by atoms with van der Waals surface area (Å²) in [5.41, 5.74) is 0.772. The number of rotatable bonds is 4. The van der Waals surface area contributed by atoms with E-state index in [2.05, 4.69) is 5.32 Å². The molecular formula is C15H18N2O3S3.